The molecule has 0 aromatic heterocycles. The number of amides is 2. The topological polar surface area (TPSA) is 52.6 Å². The molecule has 1 atom stereocenters. The van der Waals surface area contributed by atoms with E-state index in [1.54, 1.807) is 0 Å². The number of hydrogen-bond acceptors (Lipinski definition) is 3. The van der Waals surface area contributed by atoms with E-state index >= 15 is 0 Å². The molecule has 3 fully saturated rings. The molecule has 1 N–H and O–H groups in total. The number of piperazine rings is 1. The van der Waals surface area contributed by atoms with Crippen LogP contribution in [0.15, 0.2) is 0 Å². The highest BCUT2D eigenvalue weighted by atomic mass is 16.2. The molecule has 0 aromatic rings. The fourth-order valence-corrected chi connectivity index (χ4v) is 4.40. The van der Waals surface area contributed by atoms with Gasteiger partial charge in [-0.05, 0) is 38.6 Å². The van der Waals surface area contributed by atoms with Gasteiger partial charge in [0.25, 0.3) is 0 Å². The van der Waals surface area contributed by atoms with Crippen molar-refractivity contribution in [2.45, 2.75) is 56.9 Å². The van der Waals surface area contributed by atoms with Crippen LogP contribution in [0.5, 0.6) is 0 Å². The van der Waals surface area contributed by atoms with Crippen LogP contribution in [-0.2, 0) is 9.59 Å². The first-order valence-electron chi connectivity index (χ1n) is 8.85. The van der Waals surface area contributed by atoms with Crippen LogP contribution < -0.4 is 5.32 Å². The standard InChI is InChI=1S/C17H29N3O2/c1-19-10-11-20(16(22)12-14-4-2-3-5-14)13-17(19)7-6-15(21)18-9-8-17/h14H,2-13H2,1H3,(H,18,21). The first-order chi connectivity index (χ1) is 10.6. The van der Waals surface area contributed by atoms with Gasteiger partial charge in [0.15, 0.2) is 0 Å². The molecule has 3 rings (SSSR count). The predicted octanol–water partition coefficient (Wildman–Crippen LogP) is 1.38. The molecule has 0 bridgehead atoms. The van der Waals surface area contributed by atoms with Gasteiger partial charge in [0.2, 0.25) is 11.8 Å². The van der Waals surface area contributed by atoms with Gasteiger partial charge in [-0.15, -0.1) is 0 Å². The van der Waals surface area contributed by atoms with E-state index in [0.29, 0.717) is 18.2 Å². The van der Waals surface area contributed by atoms with E-state index in [4.69, 9.17) is 0 Å². The number of nitrogens with one attached hydrogen (secondary N) is 1. The zero-order valence-electron chi connectivity index (χ0n) is 13.8. The molecule has 2 saturated heterocycles. The van der Waals surface area contributed by atoms with Crippen LogP contribution in [0.3, 0.4) is 0 Å². The van der Waals surface area contributed by atoms with Crippen molar-refractivity contribution in [1.82, 2.24) is 15.1 Å². The first kappa shape index (κ1) is 15.8. The van der Waals surface area contributed by atoms with Gasteiger partial charge in [-0.2, -0.15) is 0 Å². The van der Waals surface area contributed by atoms with Crippen molar-refractivity contribution in [3.63, 3.8) is 0 Å². The normalized spacial score (nSPS) is 31.3. The summed E-state index contributed by atoms with van der Waals surface area (Å²) in [6, 6.07) is 0. The number of rotatable bonds is 2. The largest absolute Gasteiger partial charge is 0.356 e. The van der Waals surface area contributed by atoms with Gasteiger partial charge in [0.1, 0.15) is 0 Å². The summed E-state index contributed by atoms with van der Waals surface area (Å²) < 4.78 is 0. The first-order valence-corrected chi connectivity index (χ1v) is 8.85. The third-order valence-electron chi connectivity index (χ3n) is 6.02. The van der Waals surface area contributed by atoms with Crippen LogP contribution in [0.4, 0.5) is 0 Å². The lowest BCUT2D eigenvalue weighted by atomic mass is 9.86. The minimum absolute atomic E-state index is 0.0112. The summed E-state index contributed by atoms with van der Waals surface area (Å²) in [4.78, 5) is 28.8. The number of likely N-dealkylation sites (N-methyl/N-ethyl adjacent to an activating group) is 1. The molecule has 0 radical (unpaired) electrons. The summed E-state index contributed by atoms with van der Waals surface area (Å²) in [7, 11) is 2.15. The van der Waals surface area contributed by atoms with E-state index < -0.39 is 0 Å². The Labute approximate surface area is 133 Å². The molecular formula is C17H29N3O2. The summed E-state index contributed by atoms with van der Waals surface area (Å²) in [6.45, 7) is 3.29. The fourth-order valence-electron chi connectivity index (χ4n) is 4.40. The zero-order valence-corrected chi connectivity index (χ0v) is 13.8. The zero-order chi connectivity index (χ0) is 15.6. The molecule has 1 spiro atoms. The number of carbonyl (C=O) groups is 2. The number of carbonyl (C=O) groups excluding carboxylic acids is 2. The summed E-state index contributed by atoms with van der Waals surface area (Å²) in [5.74, 6) is 1.10. The van der Waals surface area contributed by atoms with Crippen molar-refractivity contribution in [2.24, 2.45) is 5.92 Å². The van der Waals surface area contributed by atoms with Crippen molar-refractivity contribution in [2.75, 3.05) is 33.2 Å². The van der Waals surface area contributed by atoms with Gasteiger partial charge in [-0.3, -0.25) is 14.5 Å². The van der Waals surface area contributed by atoms with E-state index in [2.05, 4.69) is 22.2 Å². The van der Waals surface area contributed by atoms with Crippen LogP contribution in [0.2, 0.25) is 0 Å². The molecule has 1 saturated carbocycles. The van der Waals surface area contributed by atoms with Gasteiger partial charge >= 0.3 is 0 Å². The van der Waals surface area contributed by atoms with Crippen molar-refractivity contribution >= 4 is 11.8 Å². The molecule has 124 valence electrons. The minimum atomic E-state index is -0.0112. The van der Waals surface area contributed by atoms with E-state index in [0.717, 1.165) is 45.4 Å². The lowest BCUT2D eigenvalue weighted by Crippen LogP contribution is -2.62. The quantitative estimate of drug-likeness (QED) is 0.838. The maximum atomic E-state index is 12.7. The molecule has 5 heteroatoms. The maximum absolute atomic E-state index is 12.7. The van der Waals surface area contributed by atoms with E-state index in [1.165, 1.54) is 25.7 Å². The Kier molecular flexibility index (Phi) is 4.71. The van der Waals surface area contributed by atoms with Gasteiger partial charge < -0.3 is 10.2 Å². The Morgan fingerprint density at radius 1 is 1.27 bits per heavy atom. The van der Waals surface area contributed by atoms with Crippen LogP contribution in [0.25, 0.3) is 0 Å². The molecule has 1 aliphatic carbocycles. The van der Waals surface area contributed by atoms with Crippen molar-refractivity contribution in [1.29, 1.82) is 0 Å². The monoisotopic (exact) mass is 307 g/mol. The molecular weight excluding hydrogens is 278 g/mol. The van der Waals surface area contributed by atoms with Crippen LogP contribution >= 0.6 is 0 Å². The molecule has 0 aromatic carbocycles. The highest BCUT2D eigenvalue weighted by Crippen LogP contribution is 2.32. The second kappa shape index (κ2) is 6.57. The van der Waals surface area contributed by atoms with Crippen LogP contribution in [-0.4, -0.2) is 60.4 Å². The average molecular weight is 307 g/mol. The molecule has 2 amide bonds. The van der Waals surface area contributed by atoms with Gasteiger partial charge in [-0.25, -0.2) is 0 Å². The highest BCUT2D eigenvalue weighted by molar-refractivity contribution is 5.77. The second-order valence-electron chi connectivity index (χ2n) is 7.42. The lowest BCUT2D eigenvalue weighted by Gasteiger charge is -2.49. The van der Waals surface area contributed by atoms with E-state index in [9.17, 15) is 9.59 Å². The molecule has 1 unspecified atom stereocenters. The second-order valence-corrected chi connectivity index (χ2v) is 7.42. The molecule has 3 aliphatic rings. The molecule has 2 heterocycles. The predicted molar refractivity (Wildman–Crippen MR) is 85.4 cm³/mol. The number of nitrogens with zero attached hydrogens (tertiary/aromatic N) is 2. The van der Waals surface area contributed by atoms with E-state index in [1.807, 2.05) is 0 Å². The summed E-state index contributed by atoms with van der Waals surface area (Å²) >= 11 is 0. The molecule has 2 aliphatic heterocycles. The van der Waals surface area contributed by atoms with Crippen LogP contribution in [0, 0.1) is 5.92 Å². The number of hydrogen-bond donors (Lipinski definition) is 1. The highest BCUT2D eigenvalue weighted by Gasteiger charge is 2.42. The third kappa shape index (κ3) is 3.29. The van der Waals surface area contributed by atoms with E-state index in [-0.39, 0.29) is 11.4 Å². The average Bonchev–Trinajstić information content (AvgIpc) is 2.93. The maximum Gasteiger partial charge on any atom is 0.222 e. The summed E-state index contributed by atoms with van der Waals surface area (Å²) in [6.07, 6.45) is 8.15. The van der Waals surface area contributed by atoms with Gasteiger partial charge in [-0.1, -0.05) is 12.8 Å². The van der Waals surface area contributed by atoms with Crippen molar-refractivity contribution in [3.05, 3.63) is 0 Å². The fraction of sp³-hybridized carbons (Fsp3) is 0.882. The third-order valence-corrected chi connectivity index (χ3v) is 6.02. The summed E-state index contributed by atoms with van der Waals surface area (Å²) in [5.41, 5.74) is -0.0112. The summed E-state index contributed by atoms with van der Waals surface area (Å²) in [5, 5.41) is 2.97. The molecule has 22 heavy (non-hydrogen) atoms. The Morgan fingerprint density at radius 3 is 2.82 bits per heavy atom. The lowest BCUT2D eigenvalue weighted by molar-refractivity contribution is -0.137. The van der Waals surface area contributed by atoms with Gasteiger partial charge in [0.05, 0.1) is 0 Å². The minimum Gasteiger partial charge on any atom is -0.356 e. The SMILES string of the molecule is CN1CCN(C(=O)CC2CCCC2)CC12CCNC(=O)CC2. The van der Waals surface area contributed by atoms with Crippen LogP contribution in [0.1, 0.15) is 51.4 Å². The Morgan fingerprint density at radius 2 is 2.05 bits per heavy atom. The molecule has 5 nitrogen and oxygen atoms in total. The van der Waals surface area contributed by atoms with Crippen molar-refractivity contribution < 1.29 is 9.59 Å². The van der Waals surface area contributed by atoms with Gasteiger partial charge in [0, 0.05) is 44.6 Å². The Bertz CT molecular complexity index is 434. The smallest absolute Gasteiger partial charge is 0.222 e. The Balaban J connectivity index is 1.64. The van der Waals surface area contributed by atoms with Crippen molar-refractivity contribution in [3.8, 4) is 0 Å². The Hall–Kier alpha value is -1.10.